The molecule has 3 unspecified atom stereocenters. The molecule has 0 radical (unpaired) electrons. The fourth-order valence-electron chi connectivity index (χ4n) is 3.95. The van der Waals surface area contributed by atoms with E-state index in [1.54, 1.807) is 6.92 Å². The van der Waals surface area contributed by atoms with Crippen LogP contribution in [0.25, 0.3) is 0 Å². The van der Waals surface area contributed by atoms with Crippen LogP contribution in [0.2, 0.25) is 0 Å². The molecule has 2 fully saturated rings. The third-order valence-corrected chi connectivity index (χ3v) is 4.69. The van der Waals surface area contributed by atoms with Crippen molar-refractivity contribution in [1.82, 2.24) is 4.98 Å². The first-order valence-corrected chi connectivity index (χ1v) is 7.19. The number of pyridine rings is 1. The Bertz CT molecular complexity index is 629. The molecule has 21 heavy (non-hydrogen) atoms. The van der Waals surface area contributed by atoms with Gasteiger partial charge in [0.2, 0.25) is 0 Å². The molecule has 1 amide bonds. The number of carbonyl (C=O) groups is 2. The molecule has 0 saturated carbocycles. The lowest BCUT2D eigenvalue weighted by Crippen LogP contribution is -2.35. The van der Waals surface area contributed by atoms with Crippen LogP contribution in [-0.4, -0.2) is 34.1 Å². The lowest BCUT2D eigenvalue weighted by molar-refractivity contribution is -0.142. The number of rotatable bonds is 3. The van der Waals surface area contributed by atoms with E-state index in [1.807, 2.05) is 13.0 Å². The van der Waals surface area contributed by atoms with Crippen molar-refractivity contribution in [2.75, 3.05) is 4.90 Å². The summed E-state index contributed by atoms with van der Waals surface area (Å²) >= 11 is 0. The molecule has 0 aliphatic carbocycles. The van der Waals surface area contributed by atoms with Crippen LogP contribution in [0.5, 0.6) is 0 Å². The summed E-state index contributed by atoms with van der Waals surface area (Å²) in [5.74, 6) is -1.62. The molecule has 3 atom stereocenters. The number of carbonyl (C=O) groups excluding carboxylic acids is 1. The second kappa shape index (κ2) is 4.72. The van der Waals surface area contributed by atoms with Gasteiger partial charge in [-0.05, 0) is 39.2 Å². The number of amides is 1. The van der Waals surface area contributed by atoms with Gasteiger partial charge in [-0.25, -0.2) is 0 Å². The number of anilines is 1. The van der Waals surface area contributed by atoms with Crippen LogP contribution in [0.15, 0.2) is 6.07 Å². The number of hydrogen-bond acceptors (Lipinski definition) is 4. The van der Waals surface area contributed by atoms with E-state index in [0.717, 1.165) is 24.2 Å². The Morgan fingerprint density at radius 3 is 2.67 bits per heavy atom. The second-order valence-corrected chi connectivity index (χ2v) is 5.99. The van der Waals surface area contributed by atoms with Crippen molar-refractivity contribution >= 4 is 17.6 Å². The van der Waals surface area contributed by atoms with Crippen LogP contribution in [0.1, 0.15) is 41.0 Å². The molecule has 1 aromatic rings. The first-order chi connectivity index (χ1) is 9.90. The van der Waals surface area contributed by atoms with Crippen molar-refractivity contribution in [3.05, 3.63) is 23.0 Å². The molecule has 6 heteroatoms. The quantitative estimate of drug-likeness (QED) is 0.872. The van der Waals surface area contributed by atoms with E-state index in [9.17, 15) is 14.7 Å². The van der Waals surface area contributed by atoms with Crippen LogP contribution < -0.4 is 10.6 Å². The van der Waals surface area contributed by atoms with Crippen molar-refractivity contribution in [1.29, 1.82) is 0 Å². The topological polar surface area (TPSA) is 96.5 Å². The minimum absolute atomic E-state index is 0.0493. The minimum atomic E-state index is -0.754. The maximum absolute atomic E-state index is 11.8. The Hall–Kier alpha value is -2.11. The van der Waals surface area contributed by atoms with Crippen molar-refractivity contribution in [3.63, 3.8) is 0 Å². The average molecular weight is 289 g/mol. The third-order valence-electron chi connectivity index (χ3n) is 4.69. The summed E-state index contributed by atoms with van der Waals surface area (Å²) in [4.78, 5) is 29.6. The molecular formula is C15H19N3O3. The predicted octanol–water partition coefficient (Wildman–Crippen LogP) is 1.24. The van der Waals surface area contributed by atoms with E-state index in [0.29, 0.717) is 17.7 Å². The van der Waals surface area contributed by atoms with Gasteiger partial charge in [-0.2, -0.15) is 0 Å². The van der Waals surface area contributed by atoms with E-state index in [4.69, 9.17) is 5.73 Å². The standard InChI is InChI=1S/C15H19N3O3/c1-7-5-12(13(14(16)19)8(2)17-7)18-9-3-4-11(18)10(6-9)15(20)21/h5,9-11H,3-4,6H2,1-2H3,(H2,16,19)(H,20,21). The largest absolute Gasteiger partial charge is 0.481 e. The van der Waals surface area contributed by atoms with Gasteiger partial charge in [-0.3, -0.25) is 14.6 Å². The zero-order chi connectivity index (χ0) is 15.3. The number of fused-ring (bicyclic) bond motifs is 2. The highest BCUT2D eigenvalue weighted by Gasteiger charge is 2.50. The lowest BCUT2D eigenvalue weighted by atomic mass is 9.89. The van der Waals surface area contributed by atoms with E-state index in [2.05, 4.69) is 9.88 Å². The predicted molar refractivity (Wildman–Crippen MR) is 77.3 cm³/mol. The molecule has 112 valence electrons. The lowest BCUT2D eigenvalue weighted by Gasteiger charge is -2.28. The van der Waals surface area contributed by atoms with Crippen molar-refractivity contribution in [2.24, 2.45) is 11.7 Å². The number of primary amides is 1. The highest BCUT2D eigenvalue weighted by atomic mass is 16.4. The van der Waals surface area contributed by atoms with E-state index in [1.165, 1.54) is 0 Å². The Morgan fingerprint density at radius 2 is 2.10 bits per heavy atom. The fraction of sp³-hybridized carbons (Fsp3) is 0.533. The molecule has 0 spiro atoms. The summed E-state index contributed by atoms with van der Waals surface area (Å²) in [5.41, 5.74) is 8.11. The molecule has 2 bridgehead atoms. The van der Waals surface area contributed by atoms with Crippen LogP contribution in [0, 0.1) is 19.8 Å². The van der Waals surface area contributed by atoms with Gasteiger partial charge in [0.15, 0.2) is 0 Å². The molecule has 6 nitrogen and oxygen atoms in total. The molecule has 2 aliphatic heterocycles. The highest BCUT2D eigenvalue weighted by Crippen LogP contribution is 2.45. The first kappa shape index (κ1) is 13.9. The smallest absolute Gasteiger partial charge is 0.308 e. The summed E-state index contributed by atoms with van der Waals surface area (Å²) in [6.45, 7) is 3.64. The van der Waals surface area contributed by atoms with Gasteiger partial charge in [0.25, 0.3) is 5.91 Å². The van der Waals surface area contributed by atoms with Crippen molar-refractivity contribution in [3.8, 4) is 0 Å². The molecular weight excluding hydrogens is 270 g/mol. The fourth-order valence-corrected chi connectivity index (χ4v) is 3.95. The molecule has 2 saturated heterocycles. The number of carboxylic acids is 1. The zero-order valence-electron chi connectivity index (χ0n) is 12.2. The summed E-state index contributed by atoms with van der Waals surface area (Å²) in [5, 5.41) is 9.36. The Balaban J connectivity index is 2.09. The molecule has 3 N–H and O–H groups in total. The maximum atomic E-state index is 11.8. The third kappa shape index (κ3) is 2.05. The monoisotopic (exact) mass is 289 g/mol. The number of aromatic nitrogens is 1. The summed E-state index contributed by atoms with van der Waals surface area (Å²) in [6.07, 6.45) is 2.45. The maximum Gasteiger partial charge on any atom is 0.308 e. The number of nitrogens with zero attached hydrogens (tertiary/aromatic N) is 2. The van der Waals surface area contributed by atoms with Gasteiger partial charge in [-0.1, -0.05) is 0 Å². The molecule has 3 heterocycles. The Kier molecular flexibility index (Phi) is 3.11. The molecule has 0 aromatic carbocycles. The van der Waals surface area contributed by atoms with Crippen LogP contribution in [0.3, 0.4) is 0 Å². The van der Waals surface area contributed by atoms with Gasteiger partial charge < -0.3 is 15.7 Å². The van der Waals surface area contributed by atoms with Crippen LogP contribution >= 0.6 is 0 Å². The number of carboxylic acid groups (broad SMARTS) is 1. The highest BCUT2D eigenvalue weighted by molar-refractivity contribution is 6.00. The minimum Gasteiger partial charge on any atom is -0.481 e. The van der Waals surface area contributed by atoms with Crippen LogP contribution in [0.4, 0.5) is 5.69 Å². The Labute approximate surface area is 123 Å². The van der Waals surface area contributed by atoms with E-state index in [-0.39, 0.29) is 18.0 Å². The van der Waals surface area contributed by atoms with Crippen LogP contribution in [-0.2, 0) is 4.79 Å². The van der Waals surface area contributed by atoms with Gasteiger partial charge >= 0.3 is 5.97 Å². The molecule has 2 aliphatic rings. The van der Waals surface area contributed by atoms with Gasteiger partial charge in [-0.15, -0.1) is 0 Å². The summed E-state index contributed by atoms with van der Waals surface area (Å²) in [6, 6.07) is 1.98. The molecule has 1 aromatic heterocycles. The number of aryl methyl sites for hydroxylation is 2. The van der Waals surface area contributed by atoms with Gasteiger partial charge in [0.05, 0.1) is 22.9 Å². The average Bonchev–Trinajstić information content (AvgIpc) is 2.94. The number of nitrogens with two attached hydrogens (primary N) is 1. The van der Waals surface area contributed by atoms with Crippen molar-refractivity contribution < 1.29 is 14.7 Å². The van der Waals surface area contributed by atoms with E-state index < -0.39 is 11.9 Å². The summed E-state index contributed by atoms with van der Waals surface area (Å²) in [7, 11) is 0. The number of aliphatic carboxylic acids is 1. The van der Waals surface area contributed by atoms with Crippen molar-refractivity contribution in [2.45, 2.75) is 45.2 Å². The normalized spacial score (nSPS) is 27.1. The SMILES string of the molecule is Cc1cc(N2C3CCC2C(C(=O)O)C3)c(C(N)=O)c(C)n1. The Morgan fingerprint density at radius 1 is 1.38 bits per heavy atom. The van der Waals surface area contributed by atoms with Gasteiger partial charge in [0, 0.05) is 17.8 Å². The second-order valence-electron chi connectivity index (χ2n) is 5.99. The first-order valence-electron chi connectivity index (χ1n) is 7.19. The molecule has 3 rings (SSSR count). The van der Waals surface area contributed by atoms with Gasteiger partial charge in [0.1, 0.15) is 0 Å². The summed E-state index contributed by atoms with van der Waals surface area (Å²) < 4.78 is 0. The zero-order valence-corrected chi connectivity index (χ0v) is 12.2. The van der Waals surface area contributed by atoms with E-state index >= 15 is 0 Å². The number of hydrogen-bond donors (Lipinski definition) is 2.